The average Bonchev–Trinajstić information content (AvgIpc) is 2.99. The van der Waals surface area contributed by atoms with Gasteiger partial charge in [-0.15, -0.1) is 0 Å². The summed E-state index contributed by atoms with van der Waals surface area (Å²) < 4.78 is 0. The zero-order valence-electron chi connectivity index (χ0n) is 10.9. The first-order valence-corrected chi connectivity index (χ1v) is 7.38. The standard InChI is InChI=1S/C13H19N3O2S/c1-9(10-4-7-19-8-10)15-12(18)16-13(11(14)17)5-2-3-6-13/h4,7-9H,2-3,5-6H2,1H3,(H2,14,17)(H2,15,16,18)/t9-/m0/s1. The quantitative estimate of drug-likeness (QED) is 0.787. The molecule has 0 saturated heterocycles. The molecule has 1 heterocycles. The smallest absolute Gasteiger partial charge is 0.316 e. The molecule has 4 N–H and O–H groups in total. The third kappa shape index (κ3) is 3.07. The van der Waals surface area contributed by atoms with Gasteiger partial charge >= 0.3 is 6.03 Å². The van der Waals surface area contributed by atoms with Gasteiger partial charge in [-0.1, -0.05) is 12.8 Å². The number of nitrogens with one attached hydrogen (secondary N) is 2. The number of rotatable bonds is 4. The highest BCUT2D eigenvalue weighted by Crippen LogP contribution is 2.29. The SMILES string of the molecule is C[C@H](NC(=O)NC1(C(N)=O)CCCC1)c1ccsc1. The third-order valence-corrected chi connectivity index (χ3v) is 4.37. The van der Waals surface area contributed by atoms with Crippen molar-refractivity contribution in [2.24, 2.45) is 5.73 Å². The summed E-state index contributed by atoms with van der Waals surface area (Å²) in [6, 6.07) is 1.55. The number of primary amides is 1. The predicted molar refractivity (Wildman–Crippen MR) is 74.8 cm³/mol. The van der Waals surface area contributed by atoms with E-state index in [0.29, 0.717) is 12.8 Å². The Hall–Kier alpha value is -1.56. The average molecular weight is 281 g/mol. The summed E-state index contributed by atoms with van der Waals surface area (Å²) in [5.74, 6) is -0.441. The summed E-state index contributed by atoms with van der Waals surface area (Å²) in [6.45, 7) is 1.91. The molecule has 6 heteroatoms. The Kier molecular flexibility index (Phi) is 4.09. The van der Waals surface area contributed by atoms with Gasteiger partial charge < -0.3 is 16.4 Å². The van der Waals surface area contributed by atoms with Crippen LogP contribution >= 0.6 is 11.3 Å². The van der Waals surface area contributed by atoms with Crippen molar-refractivity contribution in [1.82, 2.24) is 10.6 Å². The molecule has 0 bridgehead atoms. The molecule has 0 radical (unpaired) electrons. The zero-order chi connectivity index (χ0) is 13.9. The largest absolute Gasteiger partial charge is 0.368 e. The molecule has 1 aromatic rings. The minimum atomic E-state index is -0.863. The molecule has 1 aromatic heterocycles. The van der Waals surface area contributed by atoms with Crippen molar-refractivity contribution >= 4 is 23.3 Å². The van der Waals surface area contributed by atoms with Crippen molar-refractivity contribution in [3.8, 4) is 0 Å². The molecule has 0 aromatic carbocycles. The van der Waals surface area contributed by atoms with E-state index in [4.69, 9.17) is 5.73 Å². The summed E-state index contributed by atoms with van der Waals surface area (Å²) in [6.07, 6.45) is 3.10. The predicted octanol–water partition coefficient (Wildman–Crippen LogP) is 1.91. The fourth-order valence-electron chi connectivity index (χ4n) is 2.47. The molecule has 19 heavy (non-hydrogen) atoms. The fourth-order valence-corrected chi connectivity index (χ4v) is 3.22. The van der Waals surface area contributed by atoms with Crippen LogP contribution in [-0.4, -0.2) is 17.5 Å². The summed E-state index contributed by atoms with van der Waals surface area (Å²) in [5.41, 5.74) is 5.62. The second-order valence-electron chi connectivity index (χ2n) is 5.03. The molecule has 1 aliphatic carbocycles. The van der Waals surface area contributed by atoms with E-state index in [1.807, 2.05) is 23.8 Å². The van der Waals surface area contributed by atoms with Crippen LogP contribution in [0.5, 0.6) is 0 Å². The van der Waals surface area contributed by atoms with Crippen LogP contribution in [0.15, 0.2) is 16.8 Å². The highest BCUT2D eigenvalue weighted by atomic mass is 32.1. The van der Waals surface area contributed by atoms with E-state index in [1.165, 1.54) is 0 Å². The molecule has 1 aliphatic rings. The molecule has 0 unspecified atom stereocenters. The Morgan fingerprint density at radius 1 is 1.42 bits per heavy atom. The molecule has 1 fully saturated rings. The van der Waals surface area contributed by atoms with Crippen molar-refractivity contribution in [3.63, 3.8) is 0 Å². The third-order valence-electron chi connectivity index (χ3n) is 3.67. The summed E-state index contributed by atoms with van der Waals surface area (Å²) in [5, 5.41) is 9.56. The number of amides is 3. The monoisotopic (exact) mass is 281 g/mol. The van der Waals surface area contributed by atoms with Crippen LogP contribution in [0.3, 0.4) is 0 Å². The maximum absolute atomic E-state index is 12.0. The first-order chi connectivity index (χ1) is 9.03. The van der Waals surface area contributed by atoms with E-state index in [1.54, 1.807) is 11.3 Å². The van der Waals surface area contributed by atoms with Gasteiger partial charge in [0.05, 0.1) is 6.04 Å². The second-order valence-corrected chi connectivity index (χ2v) is 5.81. The molecule has 1 saturated carbocycles. The first kappa shape index (κ1) is 13.9. The van der Waals surface area contributed by atoms with Gasteiger partial charge in [-0.3, -0.25) is 4.79 Å². The van der Waals surface area contributed by atoms with E-state index in [9.17, 15) is 9.59 Å². The normalized spacial score (nSPS) is 18.8. The number of carbonyl (C=O) groups excluding carboxylic acids is 2. The van der Waals surface area contributed by atoms with E-state index in [2.05, 4.69) is 10.6 Å². The lowest BCUT2D eigenvalue weighted by atomic mass is 9.97. The van der Waals surface area contributed by atoms with Gasteiger partial charge in [0.25, 0.3) is 0 Å². The summed E-state index contributed by atoms with van der Waals surface area (Å²) in [7, 11) is 0. The zero-order valence-corrected chi connectivity index (χ0v) is 11.8. The number of urea groups is 1. The molecule has 1 atom stereocenters. The molecule has 0 aliphatic heterocycles. The van der Waals surface area contributed by atoms with Crippen molar-refractivity contribution < 1.29 is 9.59 Å². The molecule has 0 spiro atoms. The minimum absolute atomic E-state index is 0.0856. The van der Waals surface area contributed by atoms with Gasteiger partial charge in [-0.2, -0.15) is 11.3 Å². The number of hydrogen-bond donors (Lipinski definition) is 3. The van der Waals surface area contributed by atoms with Gasteiger partial charge in [0, 0.05) is 0 Å². The molecular formula is C13H19N3O2S. The summed E-state index contributed by atoms with van der Waals surface area (Å²) >= 11 is 1.59. The van der Waals surface area contributed by atoms with E-state index < -0.39 is 11.4 Å². The van der Waals surface area contributed by atoms with Crippen LogP contribution < -0.4 is 16.4 Å². The van der Waals surface area contributed by atoms with Crippen LogP contribution in [0.2, 0.25) is 0 Å². The van der Waals surface area contributed by atoms with Gasteiger partial charge in [-0.25, -0.2) is 4.79 Å². The Morgan fingerprint density at radius 2 is 2.11 bits per heavy atom. The number of hydrogen-bond acceptors (Lipinski definition) is 3. The molecular weight excluding hydrogens is 262 g/mol. The number of thiophene rings is 1. The molecule has 3 amide bonds. The highest BCUT2D eigenvalue weighted by molar-refractivity contribution is 7.07. The lowest BCUT2D eigenvalue weighted by molar-refractivity contribution is -0.123. The number of nitrogens with two attached hydrogens (primary N) is 1. The van der Waals surface area contributed by atoms with Crippen molar-refractivity contribution in [2.75, 3.05) is 0 Å². The van der Waals surface area contributed by atoms with Crippen molar-refractivity contribution in [3.05, 3.63) is 22.4 Å². The Morgan fingerprint density at radius 3 is 2.63 bits per heavy atom. The minimum Gasteiger partial charge on any atom is -0.368 e. The van der Waals surface area contributed by atoms with Crippen molar-refractivity contribution in [1.29, 1.82) is 0 Å². The van der Waals surface area contributed by atoms with E-state index in [-0.39, 0.29) is 12.1 Å². The second kappa shape index (κ2) is 5.61. The molecule has 104 valence electrons. The topological polar surface area (TPSA) is 84.2 Å². The van der Waals surface area contributed by atoms with Gasteiger partial charge in [0.15, 0.2) is 0 Å². The number of carbonyl (C=O) groups is 2. The maximum Gasteiger partial charge on any atom is 0.316 e. The Balaban J connectivity index is 1.95. The van der Waals surface area contributed by atoms with E-state index >= 15 is 0 Å². The van der Waals surface area contributed by atoms with Crippen LogP contribution in [0.25, 0.3) is 0 Å². The van der Waals surface area contributed by atoms with Gasteiger partial charge in [-0.05, 0) is 42.2 Å². The van der Waals surface area contributed by atoms with Crippen LogP contribution in [0, 0.1) is 0 Å². The Bertz CT molecular complexity index is 452. The van der Waals surface area contributed by atoms with Crippen LogP contribution in [-0.2, 0) is 4.79 Å². The fraction of sp³-hybridized carbons (Fsp3) is 0.538. The van der Waals surface area contributed by atoms with Crippen LogP contribution in [0.1, 0.15) is 44.2 Å². The Labute approximate surface area is 116 Å². The highest BCUT2D eigenvalue weighted by Gasteiger charge is 2.41. The van der Waals surface area contributed by atoms with E-state index in [0.717, 1.165) is 18.4 Å². The molecule has 5 nitrogen and oxygen atoms in total. The maximum atomic E-state index is 12.0. The van der Waals surface area contributed by atoms with Crippen LogP contribution in [0.4, 0.5) is 4.79 Å². The molecule has 2 rings (SSSR count). The van der Waals surface area contributed by atoms with Crippen molar-refractivity contribution in [2.45, 2.75) is 44.2 Å². The van der Waals surface area contributed by atoms with Gasteiger partial charge in [0.1, 0.15) is 5.54 Å². The van der Waals surface area contributed by atoms with Gasteiger partial charge in [0.2, 0.25) is 5.91 Å². The lowest BCUT2D eigenvalue weighted by Crippen LogP contribution is -2.58. The summed E-state index contributed by atoms with van der Waals surface area (Å²) in [4.78, 5) is 23.5. The lowest BCUT2D eigenvalue weighted by Gasteiger charge is -2.27. The first-order valence-electron chi connectivity index (χ1n) is 6.44.